The molecule has 0 unspecified atom stereocenters. The van der Waals surface area contributed by atoms with Gasteiger partial charge in [0, 0.05) is 13.6 Å². The second-order valence-corrected chi connectivity index (χ2v) is 3.91. The number of benzene rings is 1. The van der Waals surface area contributed by atoms with Gasteiger partial charge in [-0.2, -0.15) is 0 Å². The summed E-state index contributed by atoms with van der Waals surface area (Å²) in [5.41, 5.74) is 6.52. The summed E-state index contributed by atoms with van der Waals surface area (Å²) in [5.74, 6) is 1.03. The largest absolute Gasteiger partial charge is 0.384 e. The van der Waals surface area contributed by atoms with Crippen molar-refractivity contribution >= 4 is 11.6 Å². The van der Waals surface area contributed by atoms with Crippen molar-refractivity contribution in [3.05, 3.63) is 53.8 Å². The van der Waals surface area contributed by atoms with E-state index in [1.165, 1.54) is 12.1 Å². The molecule has 2 rings (SSSR count). The molecule has 2 N–H and O–H groups in total. The Kier molecular flexibility index (Phi) is 3.23. The third-order valence-corrected chi connectivity index (χ3v) is 2.46. The molecule has 0 atom stereocenters. The summed E-state index contributed by atoms with van der Waals surface area (Å²) in [6.07, 6.45) is 0. The molecule has 0 aliphatic carbocycles. The Hall–Kier alpha value is -2.10. The predicted octanol–water partition coefficient (Wildman–Crippen LogP) is 2.44. The van der Waals surface area contributed by atoms with Gasteiger partial charge >= 0.3 is 0 Å². The second-order valence-electron chi connectivity index (χ2n) is 3.91. The monoisotopic (exact) mass is 231 g/mol. The molecule has 0 bridgehead atoms. The lowest BCUT2D eigenvalue weighted by Crippen LogP contribution is -2.18. The van der Waals surface area contributed by atoms with E-state index in [1.807, 2.05) is 30.1 Å². The molecule has 0 radical (unpaired) electrons. The quantitative estimate of drug-likeness (QED) is 0.882. The van der Waals surface area contributed by atoms with Crippen molar-refractivity contribution in [2.24, 2.45) is 0 Å². The minimum Gasteiger partial charge on any atom is -0.384 e. The van der Waals surface area contributed by atoms with Gasteiger partial charge in [-0.15, -0.1) is 0 Å². The standard InChI is InChI=1S/C13H14FN3/c1-17(13-7-3-6-12(15)16-13)9-10-4-2-5-11(14)8-10/h2-8H,9H2,1H3,(H2,15,16). The Morgan fingerprint density at radius 3 is 2.71 bits per heavy atom. The van der Waals surface area contributed by atoms with Crippen LogP contribution in [-0.4, -0.2) is 12.0 Å². The molecule has 1 aromatic heterocycles. The van der Waals surface area contributed by atoms with Crippen molar-refractivity contribution in [2.45, 2.75) is 6.54 Å². The highest BCUT2D eigenvalue weighted by Gasteiger charge is 2.04. The molecule has 0 aliphatic rings. The van der Waals surface area contributed by atoms with Crippen molar-refractivity contribution < 1.29 is 4.39 Å². The first kappa shape index (κ1) is 11.4. The Bertz CT molecular complexity index is 514. The smallest absolute Gasteiger partial charge is 0.130 e. The number of nitrogens with two attached hydrogens (primary N) is 1. The SMILES string of the molecule is CN(Cc1cccc(F)c1)c1cccc(N)n1. The van der Waals surface area contributed by atoms with Gasteiger partial charge in [-0.3, -0.25) is 0 Å². The molecule has 17 heavy (non-hydrogen) atoms. The lowest BCUT2D eigenvalue weighted by atomic mass is 10.2. The third-order valence-electron chi connectivity index (χ3n) is 2.46. The van der Waals surface area contributed by atoms with Crippen LogP contribution in [0.25, 0.3) is 0 Å². The number of nitrogens with zero attached hydrogens (tertiary/aromatic N) is 2. The number of pyridine rings is 1. The van der Waals surface area contributed by atoms with Crippen LogP contribution in [0.2, 0.25) is 0 Å². The van der Waals surface area contributed by atoms with Crippen LogP contribution in [0.5, 0.6) is 0 Å². The van der Waals surface area contributed by atoms with Gasteiger partial charge in [-0.25, -0.2) is 9.37 Å². The van der Waals surface area contributed by atoms with E-state index in [-0.39, 0.29) is 5.82 Å². The maximum atomic E-state index is 13.0. The number of nitrogen functional groups attached to an aromatic ring is 1. The number of hydrogen-bond acceptors (Lipinski definition) is 3. The van der Waals surface area contributed by atoms with E-state index >= 15 is 0 Å². The zero-order valence-corrected chi connectivity index (χ0v) is 9.60. The minimum absolute atomic E-state index is 0.226. The minimum atomic E-state index is -0.226. The van der Waals surface area contributed by atoms with E-state index in [0.717, 1.165) is 11.4 Å². The summed E-state index contributed by atoms with van der Waals surface area (Å²) in [6.45, 7) is 0.591. The molecule has 0 saturated carbocycles. The summed E-state index contributed by atoms with van der Waals surface area (Å²) >= 11 is 0. The third kappa shape index (κ3) is 2.93. The molecule has 4 heteroatoms. The Labute approximate surface area is 99.7 Å². The van der Waals surface area contributed by atoms with Gasteiger partial charge < -0.3 is 10.6 Å². The fourth-order valence-electron chi connectivity index (χ4n) is 1.64. The first-order valence-electron chi connectivity index (χ1n) is 5.33. The second kappa shape index (κ2) is 4.82. The zero-order valence-electron chi connectivity index (χ0n) is 9.60. The molecule has 0 amide bonds. The van der Waals surface area contributed by atoms with Crippen molar-refractivity contribution in [3.63, 3.8) is 0 Å². The van der Waals surface area contributed by atoms with Gasteiger partial charge in [0.25, 0.3) is 0 Å². The van der Waals surface area contributed by atoms with E-state index in [9.17, 15) is 4.39 Å². The Morgan fingerprint density at radius 2 is 2.00 bits per heavy atom. The molecular weight excluding hydrogens is 217 g/mol. The molecule has 0 saturated heterocycles. The highest BCUT2D eigenvalue weighted by Crippen LogP contribution is 2.14. The first-order chi connectivity index (χ1) is 8.15. The fraction of sp³-hybridized carbons (Fsp3) is 0.154. The lowest BCUT2D eigenvalue weighted by molar-refractivity contribution is 0.625. The average molecular weight is 231 g/mol. The van der Waals surface area contributed by atoms with E-state index in [1.54, 1.807) is 12.1 Å². The molecule has 88 valence electrons. The van der Waals surface area contributed by atoms with Crippen LogP contribution in [0.4, 0.5) is 16.0 Å². The summed E-state index contributed by atoms with van der Waals surface area (Å²) in [7, 11) is 1.90. The molecule has 1 aromatic carbocycles. The summed E-state index contributed by atoms with van der Waals surface area (Å²) in [5, 5.41) is 0. The number of anilines is 2. The Morgan fingerprint density at radius 1 is 1.24 bits per heavy atom. The topological polar surface area (TPSA) is 42.1 Å². The number of hydrogen-bond donors (Lipinski definition) is 1. The van der Waals surface area contributed by atoms with E-state index < -0.39 is 0 Å². The predicted molar refractivity (Wildman–Crippen MR) is 67.2 cm³/mol. The van der Waals surface area contributed by atoms with Crippen LogP contribution in [-0.2, 0) is 6.54 Å². The van der Waals surface area contributed by atoms with Crippen LogP contribution in [0.15, 0.2) is 42.5 Å². The van der Waals surface area contributed by atoms with Crippen LogP contribution in [0, 0.1) is 5.82 Å². The maximum Gasteiger partial charge on any atom is 0.130 e. The number of halogens is 1. The molecule has 2 aromatic rings. The summed E-state index contributed by atoms with van der Waals surface area (Å²) in [6, 6.07) is 12.0. The highest BCUT2D eigenvalue weighted by atomic mass is 19.1. The van der Waals surface area contributed by atoms with Crippen LogP contribution < -0.4 is 10.6 Å². The van der Waals surface area contributed by atoms with Gasteiger partial charge in [0.2, 0.25) is 0 Å². The molecule has 0 fully saturated rings. The zero-order chi connectivity index (χ0) is 12.3. The fourth-order valence-corrected chi connectivity index (χ4v) is 1.64. The van der Waals surface area contributed by atoms with Gasteiger partial charge in [0.15, 0.2) is 0 Å². The van der Waals surface area contributed by atoms with E-state index in [4.69, 9.17) is 5.73 Å². The molecule has 0 aliphatic heterocycles. The lowest BCUT2D eigenvalue weighted by Gasteiger charge is -2.18. The summed E-state index contributed by atoms with van der Waals surface area (Å²) < 4.78 is 13.0. The van der Waals surface area contributed by atoms with Gasteiger partial charge in [-0.1, -0.05) is 18.2 Å². The van der Waals surface area contributed by atoms with Crippen LogP contribution in [0.3, 0.4) is 0 Å². The summed E-state index contributed by atoms with van der Waals surface area (Å²) in [4.78, 5) is 6.12. The molecular formula is C13H14FN3. The van der Waals surface area contributed by atoms with E-state index in [2.05, 4.69) is 4.98 Å². The van der Waals surface area contributed by atoms with Gasteiger partial charge in [0.1, 0.15) is 17.5 Å². The van der Waals surface area contributed by atoms with Crippen molar-refractivity contribution in [2.75, 3.05) is 17.7 Å². The van der Waals surface area contributed by atoms with E-state index in [0.29, 0.717) is 12.4 Å². The normalized spacial score (nSPS) is 10.2. The van der Waals surface area contributed by atoms with Crippen molar-refractivity contribution in [1.82, 2.24) is 4.98 Å². The van der Waals surface area contributed by atoms with Crippen molar-refractivity contribution in [1.29, 1.82) is 0 Å². The van der Waals surface area contributed by atoms with Crippen molar-refractivity contribution in [3.8, 4) is 0 Å². The van der Waals surface area contributed by atoms with Gasteiger partial charge in [-0.05, 0) is 29.8 Å². The van der Waals surface area contributed by atoms with Crippen LogP contribution in [0.1, 0.15) is 5.56 Å². The molecule has 3 nitrogen and oxygen atoms in total. The van der Waals surface area contributed by atoms with Gasteiger partial charge in [0.05, 0.1) is 0 Å². The number of aromatic nitrogens is 1. The Balaban J connectivity index is 2.14. The maximum absolute atomic E-state index is 13.0. The van der Waals surface area contributed by atoms with Crippen LogP contribution >= 0.6 is 0 Å². The average Bonchev–Trinajstić information content (AvgIpc) is 2.29. The molecule has 0 spiro atoms. The number of rotatable bonds is 3. The molecule has 1 heterocycles. The highest BCUT2D eigenvalue weighted by molar-refractivity contribution is 5.44. The first-order valence-corrected chi connectivity index (χ1v) is 5.33.